The fourth-order valence-corrected chi connectivity index (χ4v) is 10.6. The van der Waals surface area contributed by atoms with Gasteiger partial charge in [0.15, 0.2) is 6.10 Å². The summed E-state index contributed by atoms with van der Waals surface area (Å²) in [6.45, 7) is 6.64. The van der Waals surface area contributed by atoms with Crippen LogP contribution in [-0.4, -0.2) is 37.2 Å². The van der Waals surface area contributed by atoms with Gasteiger partial charge in [0, 0.05) is 19.3 Å². The molecule has 81 heavy (non-hydrogen) atoms. The summed E-state index contributed by atoms with van der Waals surface area (Å²) < 4.78 is 17.0. The lowest BCUT2D eigenvalue weighted by molar-refractivity contribution is -0.167. The average molecular weight is 1130 g/mol. The molecule has 0 aliphatic rings. The van der Waals surface area contributed by atoms with Gasteiger partial charge in [0.05, 0.1) is 0 Å². The quantitative estimate of drug-likeness (QED) is 0.0261. The van der Waals surface area contributed by atoms with Crippen LogP contribution in [0.5, 0.6) is 0 Å². The third-order valence-corrected chi connectivity index (χ3v) is 16.0. The highest BCUT2D eigenvalue weighted by Gasteiger charge is 2.19. The van der Waals surface area contributed by atoms with E-state index >= 15 is 0 Å². The third kappa shape index (κ3) is 67.8. The Morgan fingerprint density at radius 1 is 0.247 bits per heavy atom. The Hall–Kier alpha value is -2.89. The van der Waals surface area contributed by atoms with E-state index < -0.39 is 6.10 Å². The normalized spacial score (nSPS) is 12.4. The molecule has 1 atom stereocenters. The molecule has 472 valence electrons. The van der Waals surface area contributed by atoms with Gasteiger partial charge in [0.1, 0.15) is 13.2 Å². The molecule has 0 radical (unpaired) electrons. The van der Waals surface area contributed by atoms with E-state index in [-0.39, 0.29) is 31.1 Å². The van der Waals surface area contributed by atoms with Crippen molar-refractivity contribution in [3.63, 3.8) is 0 Å². The minimum Gasteiger partial charge on any atom is -0.462 e. The number of ether oxygens (including phenoxy) is 3. The Labute approximate surface area is 504 Å². The fraction of sp³-hybridized carbons (Fsp3) is 0.827. The Bertz CT molecular complexity index is 1440. The lowest BCUT2D eigenvalue weighted by atomic mass is 10.0. The molecule has 0 aliphatic carbocycles. The maximum absolute atomic E-state index is 13.0. The summed E-state index contributed by atoms with van der Waals surface area (Å²) in [4.78, 5) is 38.4. The van der Waals surface area contributed by atoms with Gasteiger partial charge in [-0.05, 0) is 83.5 Å². The Kier molecular flexibility index (Phi) is 67.1. The number of allylic oxidation sites excluding steroid dienone is 10. The first-order valence-corrected chi connectivity index (χ1v) is 35.8. The summed E-state index contributed by atoms with van der Waals surface area (Å²) in [7, 11) is 0. The van der Waals surface area contributed by atoms with Gasteiger partial charge in [-0.15, -0.1) is 0 Å². The van der Waals surface area contributed by atoms with Gasteiger partial charge in [0.25, 0.3) is 0 Å². The van der Waals surface area contributed by atoms with Crippen molar-refractivity contribution >= 4 is 17.9 Å². The topological polar surface area (TPSA) is 78.9 Å². The van der Waals surface area contributed by atoms with E-state index in [2.05, 4.69) is 81.5 Å². The highest BCUT2D eigenvalue weighted by molar-refractivity contribution is 5.71. The molecule has 0 aliphatic heterocycles. The van der Waals surface area contributed by atoms with Crippen molar-refractivity contribution in [2.45, 2.75) is 386 Å². The predicted molar refractivity (Wildman–Crippen MR) is 353 cm³/mol. The molecule has 6 heteroatoms. The van der Waals surface area contributed by atoms with Crippen LogP contribution in [0.4, 0.5) is 0 Å². The van der Waals surface area contributed by atoms with Gasteiger partial charge >= 0.3 is 17.9 Å². The molecule has 0 heterocycles. The van der Waals surface area contributed by atoms with E-state index in [1.807, 2.05) is 0 Å². The molecule has 0 N–H and O–H groups in total. The summed E-state index contributed by atoms with van der Waals surface area (Å²) in [5, 5.41) is 0. The third-order valence-electron chi connectivity index (χ3n) is 16.0. The average Bonchev–Trinajstić information content (AvgIpc) is 3.47. The summed E-state index contributed by atoms with van der Waals surface area (Å²) >= 11 is 0. The first kappa shape index (κ1) is 78.1. The SMILES string of the molecule is CCCC/C=C\C/C=C\CCCCCCCC(=O)OCC(COC(=O)CCCCCCCCCCCCCC/C=C\C/C=C\C/C=C\CCCCCCC)OC(=O)CCCCCCCCCCCCCCCCCCCCCCCC. The van der Waals surface area contributed by atoms with Crippen LogP contribution in [-0.2, 0) is 28.6 Å². The zero-order valence-electron chi connectivity index (χ0n) is 54.3. The van der Waals surface area contributed by atoms with Crippen molar-refractivity contribution in [1.29, 1.82) is 0 Å². The Morgan fingerprint density at radius 3 is 0.728 bits per heavy atom. The number of hydrogen-bond acceptors (Lipinski definition) is 6. The predicted octanol–water partition coefficient (Wildman–Crippen LogP) is 24.7. The Morgan fingerprint density at radius 2 is 0.457 bits per heavy atom. The van der Waals surface area contributed by atoms with Crippen LogP contribution in [0.15, 0.2) is 60.8 Å². The van der Waals surface area contributed by atoms with E-state index in [4.69, 9.17) is 14.2 Å². The van der Waals surface area contributed by atoms with Gasteiger partial charge in [-0.1, -0.05) is 338 Å². The molecule has 0 aromatic carbocycles. The van der Waals surface area contributed by atoms with Gasteiger partial charge in [-0.3, -0.25) is 14.4 Å². The van der Waals surface area contributed by atoms with E-state index in [9.17, 15) is 14.4 Å². The van der Waals surface area contributed by atoms with Gasteiger partial charge < -0.3 is 14.2 Å². The maximum Gasteiger partial charge on any atom is 0.306 e. The molecule has 1 unspecified atom stereocenters. The zero-order chi connectivity index (χ0) is 58.5. The molecule has 0 saturated heterocycles. The molecular formula is C75H136O6. The second-order valence-corrected chi connectivity index (χ2v) is 24.1. The van der Waals surface area contributed by atoms with E-state index in [0.29, 0.717) is 19.3 Å². The monoisotopic (exact) mass is 1130 g/mol. The Balaban J connectivity index is 4.27. The van der Waals surface area contributed by atoms with Crippen molar-refractivity contribution in [2.24, 2.45) is 0 Å². The van der Waals surface area contributed by atoms with Crippen molar-refractivity contribution < 1.29 is 28.6 Å². The van der Waals surface area contributed by atoms with Crippen LogP contribution >= 0.6 is 0 Å². The molecule has 0 aromatic heterocycles. The summed E-state index contributed by atoms with van der Waals surface area (Å²) in [6.07, 6.45) is 89.6. The summed E-state index contributed by atoms with van der Waals surface area (Å²) in [6, 6.07) is 0. The van der Waals surface area contributed by atoms with E-state index in [1.54, 1.807) is 0 Å². The number of unbranched alkanes of at least 4 members (excludes halogenated alkanes) is 45. The molecule has 0 fully saturated rings. The van der Waals surface area contributed by atoms with Crippen LogP contribution in [0.2, 0.25) is 0 Å². The molecule has 0 aromatic rings. The van der Waals surface area contributed by atoms with Crippen LogP contribution in [0.1, 0.15) is 380 Å². The maximum atomic E-state index is 13.0. The molecule has 0 rings (SSSR count). The van der Waals surface area contributed by atoms with Gasteiger partial charge in [-0.25, -0.2) is 0 Å². The molecule has 6 nitrogen and oxygen atoms in total. The molecule has 0 spiro atoms. The van der Waals surface area contributed by atoms with Crippen LogP contribution in [0.3, 0.4) is 0 Å². The molecular weight excluding hydrogens is 997 g/mol. The number of hydrogen-bond donors (Lipinski definition) is 0. The largest absolute Gasteiger partial charge is 0.462 e. The summed E-state index contributed by atoms with van der Waals surface area (Å²) in [5.41, 5.74) is 0. The smallest absolute Gasteiger partial charge is 0.306 e. The number of rotatable bonds is 66. The highest BCUT2D eigenvalue weighted by Crippen LogP contribution is 2.18. The fourth-order valence-electron chi connectivity index (χ4n) is 10.6. The molecule has 0 bridgehead atoms. The standard InChI is InChI=1S/C75H136O6/c1-4-7-10-13-16-19-22-25-28-30-32-34-36-37-38-39-40-42-43-45-47-50-53-56-59-62-65-68-74(77)80-71-72(70-79-73(76)67-64-61-58-55-52-49-27-24-21-18-15-12-9-6-3)81-75(78)69-66-63-60-57-54-51-48-46-44-41-35-33-31-29-26-23-20-17-14-11-8-5-2/h15,18,22,24-25,27,30,32,36-37,72H,4-14,16-17,19-21,23,26,28-29,31,33-35,38-71H2,1-3H3/b18-15-,25-22-,27-24-,32-30-,37-36-. The van der Waals surface area contributed by atoms with Crippen molar-refractivity contribution in [3.05, 3.63) is 60.8 Å². The van der Waals surface area contributed by atoms with Crippen molar-refractivity contribution in [1.82, 2.24) is 0 Å². The van der Waals surface area contributed by atoms with Crippen LogP contribution in [0.25, 0.3) is 0 Å². The minimum atomic E-state index is -0.780. The lowest BCUT2D eigenvalue weighted by Gasteiger charge is -2.18. The van der Waals surface area contributed by atoms with Crippen LogP contribution in [0, 0.1) is 0 Å². The number of esters is 3. The summed E-state index contributed by atoms with van der Waals surface area (Å²) in [5.74, 6) is -0.867. The van der Waals surface area contributed by atoms with Gasteiger partial charge in [0.2, 0.25) is 0 Å². The first-order valence-electron chi connectivity index (χ1n) is 35.8. The van der Waals surface area contributed by atoms with E-state index in [0.717, 1.165) is 89.9 Å². The highest BCUT2D eigenvalue weighted by atomic mass is 16.6. The molecule has 0 saturated carbocycles. The molecule has 0 amide bonds. The second kappa shape index (κ2) is 69.6. The lowest BCUT2D eigenvalue weighted by Crippen LogP contribution is -2.30. The van der Waals surface area contributed by atoms with Crippen LogP contribution < -0.4 is 0 Å². The zero-order valence-corrected chi connectivity index (χ0v) is 54.3. The first-order chi connectivity index (χ1) is 40.0. The van der Waals surface area contributed by atoms with Crippen molar-refractivity contribution in [3.8, 4) is 0 Å². The van der Waals surface area contributed by atoms with Crippen molar-refractivity contribution in [2.75, 3.05) is 13.2 Å². The number of carbonyl (C=O) groups is 3. The van der Waals surface area contributed by atoms with E-state index in [1.165, 1.54) is 250 Å². The number of carbonyl (C=O) groups excluding carboxylic acids is 3. The van der Waals surface area contributed by atoms with Gasteiger partial charge in [-0.2, -0.15) is 0 Å². The second-order valence-electron chi connectivity index (χ2n) is 24.1. The minimum absolute atomic E-state index is 0.0759.